The van der Waals surface area contributed by atoms with Crippen LogP contribution in [-0.2, 0) is 9.84 Å². The zero-order chi connectivity index (χ0) is 11.0. The maximum atomic E-state index is 11.8. The molecule has 0 aliphatic heterocycles. The summed E-state index contributed by atoms with van der Waals surface area (Å²) in [4.78, 5) is 3.85. The van der Waals surface area contributed by atoms with Gasteiger partial charge in [-0.3, -0.25) is 0 Å². The fourth-order valence-electron chi connectivity index (χ4n) is 0.658. The van der Waals surface area contributed by atoms with Gasteiger partial charge in [0.25, 0.3) is 0 Å². The Morgan fingerprint density at radius 3 is 2.21 bits per heavy atom. The minimum Gasteiger partial charge on any atom is -0.229 e. The van der Waals surface area contributed by atoms with Crippen LogP contribution in [0.2, 0.25) is 0 Å². The molecule has 78 valence electrons. The van der Waals surface area contributed by atoms with Crippen LogP contribution in [0.5, 0.6) is 0 Å². The number of rotatable bonds is 1. The van der Waals surface area contributed by atoms with Crippen molar-refractivity contribution in [3.8, 4) is 0 Å². The second kappa shape index (κ2) is 4.48. The van der Waals surface area contributed by atoms with E-state index >= 15 is 0 Å². The lowest BCUT2D eigenvalue weighted by molar-refractivity contribution is 0.595. The lowest BCUT2D eigenvalue weighted by atomic mass is 10.5. The van der Waals surface area contributed by atoms with E-state index in [1.54, 1.807) is 12.1 Å². The van der Waals surface area contributed by atoms with Gasteiger partial charge in [-0.2, -0.15) is 0 Å². The van der Waals surface area contributed by atoms with E-state index in [2.05, 4.69) is 68.7 Å². The monoisotopic (exact) mass is 469 g/mol. The Morgan fingerprint density at radius 2 is 1.79 bits per heavy atom. The van der Waals surface area contributed by atoms with Crippen LogP contribution in [0.15, 0.2) is 27.8 Å². The van der Waals surface area contributed by atoms with Crippen LogP contribution in [0.25, 0.3) is 0 Å². The zero-order valence-electron chi connectivity index (χ0n) is 6.42. The van der Waals surface area contributed by atoms with E-state index in [0.717, 1.165) is 0 Å². The summed E-state index contributed by atoms with van der Waals surface area (Å²) in [7, 11) is -3.59. The minimum atomic E-state index is -3.59. The second-order valence-electron chi connectivity index (χ2n) is 2.25. The van der Waals surface area contributed by atoms with Gasteiger partial charge in [-0.05, 0) is 75.9 Å². The van der Waals surface area contributed by atoms with Gasteiger partial charge in [-0.15, -0.1) is 0 Å². The number of halogens is 4. The number of aromatic nitrogens is 1. The zero-order valence-corrected chi connectivity index (χ0v) is 13.6. The van der Waals surface area contributed by atoms with Crippen LogP contribution in [0, 0.1) is 0 Å². The summed E-state index contributed by atoms with van der Waals surface area (Å²) in [5.41, 5.74) is 0. The summed E-state index contributed by atoms with van der Waals surface area (Å²) in [6.45, 7) is 0. The molecule has 0 fully saturated rings. The quantitative estimate of drug-likeness (QED) is 0.465. The third-order valence-electron chi connectivity index (χ3n) is 1.27. The first-order valence-electron chi connectivity index (χ1n) is 3.19. The molecule has 0 saturated carbocycles. The fourth-order valence-corrected chi connectivity index (χ4v) is 3.32. The lowest BCUT2D eigenvalue weighted by Crippen LogP contribution is -2.19. The maximum absolute atomic E-state index is 11.8. The van der Waals surface area contributed by atoms with Gasteiger partial charge >= 0.3 is 0 Å². The molecule has 3 nitrogen and oxygen atoms in total. The van der Waals surface area contributed by atoms with Crippen molar-refractivity contribution in [2.45, 2.75) is 6.50 Å². The smallest absolute Gasteiger partial charge is 0.229 e. The number of sulfone groups is 1. The lowest BCUT2D eigenvalue weighted by Gasteiger charge is -2.12. The molecule has 0 aromatic carbocycles. The molecule has 0 unspecified atom stereocenters. The van der Waals surface area contributed by atoms with Gasteiger partial charge in [0.05, 0.1) is 0 Å². The van der Waals surface area contributed by atoms with Gasteiger partial charge in [0.15, 0.2) is 5.03 Å². The fraction of sp³-hybridized carbons (Fsp3) is 0.167. The van der Waals surface area contributed by atoms with Gasteiger partial charge in [-0.1, -0.05) is 6.07 Å². The Labute approximate surface area is 115 Å². The van der Waals surface area contributed by atoms with Crippen molar-refractivity contribution < 1.29 is 8.42 Å². The minimum absolute atomic E-state index is 0.0301. The molecule has 0 spiro atoms. The molecule has 0 atom stereocenters. The summed E-state index contributed by atoms with van der Waals surface area (Å²) in [5.74, 6) is 0. The summed E-state index contributed by atoms with van der Waals surface area (Å²) < 4.78 is 22.7. The number of pyridine rings is 1. The molecular weight excluding hydrogens is 470 g/mol. The normalized spacial score (nSPS) is 12.9. The van der Waals surface area contributed by atoms with E-state index in [1.807, 2.05) is 0 Å². The van der Waals surface area contributed by atoms with Crippen molar-refractivity contribution >= 4 is 73.6 Å². The van der Waals surface area contributed by atoms with E-state index in [4.69, 9.17) is 0 Å². The maximum Gasteiger partial charge on any atom is 0.240 e. The number of hydrogen-bond donors (Lipinski definition) is 0. The van der Waals surface area contributed by atoms with Gasteiger partial charge < -0.3 is 0 Å². The van der Waals surface area contributed by atoms with E-state index in [-0.39, 0.29) is 5.03 Å². The van der Waals surface area contributed by atoms with Crippen LogP contribution < -0.4 is 0 Å². The Bertz CT molecular complexity index is 439. The molecule has 1 rings (SSSR count). The first-order chi connectivity index (χ1) is 6.25. The molecular formula is C6H3Br4NO2S. The molecule has 0 aliphatic carbocycles. The molecule has 0 bridgehead atoms. The average Bonchev–Trinajstić information content (AvgIpc) is 2.02. The molecule has 1 aromatic heterocycles. The van der Waals surface area contributed by atoms with Crippen LogP contribution in [0.1, 0.15) is 0 Å². The standard InChI is InChI=1S/C6H3Br4NO2S/c7-4-2-1-3-5(11-4)14(12,13)6(8,9)10/h1-3H. The number of alkyl halides is 3. The molecule has 8 heteroatoms. The summed E-state index contributed by atoms with van der Waals surface area (Å²) in [6.07, 6.45) is 0. The molecule has 14 heavy (non-hydrogen) atoms. The van der Waals surface area contributed by atoms with Crippen molar-refractivity contribution in [2.75, 3.05) is 0 Å². The average molecular weight is 473 g/mol. The number of nitrogens with zero attached hydrogens (tertiary/aromatic N) is 1. The van der Waals surface area contributed by atoms with Gasteiger partial charge in [0.1, 0.15) is 4.60 Å². The highest BCUT2D eigenvalue weighted by atomic mass is 80.0. The van der Waals surface area contributed by atoms with E-state index in [9.17, 15) is 8.42 Å². The first kappa shape index (κ1) is 13.1. The molecule has 0 N–H and O–H groups in total. The van der Waals surface area contributed by atoms with Gasteiger partial charge in [0.2, 0.25) is 11.3 Å². The predicted molar refractivity (Wildman–Crippen MR) is 68.6 cm³/mol. The Balaban J connectivity index is 3.32. The van der Waals surface area contributed by atoms with Crippen molar-refractivity contribution in [1.29, 1.82) is 0 Å². The Kier molecular flexibility index (Phi) is 4.19. The molecule has 0 saturated heterocycles. The first-order valence-corrected chi connectivity index (χ1v) is 7.84. The number of hydrogen-bond acceptors (Lipinski definition) is 3. The summed E-state index contributed by atoms with van der Waals surface area (Å²) in [5, 5.41) is -0.0301. The van der Waals surface area contributed by atoms with Gasteiger partial charge in [0, 0.05) is 0 Å². The van der Waals surface area contributed by atoms with Crippen LogP contribution >= 0.6 is 63.7 Å². The van der Waals surface area contributed by atoms with E-state index < -0.39 is 11.3 Å². The largest absolute Gasteiger partial charge is 0.240 e. The van der Waals surface area contributed by atoms with Crippen molar-refractivity contribution in [1.82, 2.24) is 4.98 Å². The summed E-state index contributed by atoms with van der Waals surface area (Å²) in [6, 6.07) is 4.67. The molecule has 1 aromatic rings. The van der Waals surface area contributed by atoms with Crippen molar-refractivity contribution in [3.63, 3.8) is 0 Å². The van der Waals surface area contributed by atoms with Crippen LogP contribution in [-0.4, -0.2) is 14.9 Å². The van der Waals surface area contributed by atoms with E-state index in [0.29, 0.717) is 4.60 Å². The molecule has 0 amide bonds. The van der Waals surface area contributed by atoms with Crippen LogP contribution in [0.4, 0.5) is 0 Å². The SMILES string of the molecule is O=S(=O)(c1cccc(Br)n1)C(Br)(Br)Br. The molecule has 0 radical (unpaired) electrons. The third kappa shape index (κ3) is 2.78. The highest BCUT2D eigenvalue weighted by Gasteiger charge is 2.38. The second-order valence-corrected chi connectivity index (χ2v) is 13.4. The summed E-state index contributed by atoms with van der Waals surface area (Å²) >= 11 is 12.0. The van der Waals surface area contributed by atoms with E-state index in [1.165, 1.54) is 6.07 Å². The van der Waals surface area contributed by atoms with Gasteiger partial charge in [-0.25, -0.2) is 13.4 Å². The Hall–Kier alpha value is 1.02. The van der Waals surface area contributed by atoms with Crippen molar-refractivity contribution in [3.05, 3.63) is 22.8 Å². The Morgan fingerprint density at radius 1 is 1.21 bits per heavy atom. The molecule has 1 heterocycles. The highest BCUT2D eigenvalue weighted by Crippen LogP contribution is 2.42. The highest BCUT2D eigenvalue weighted by molar-refractivity contribution is 9.42. The predicted octanol–water partition coefficient (Wildman–Crippen LogP) is 3.41. The van der Waals surface area contributed by atoms with Crippen LogP contribution in [0.3, 0.4) is 0 Å². The topological polar surface area (TPSA) is 47.0 Å². The van der Waals surface area contributed by atoms with Crippen molar-refractivity contribution in [2.24, 2.45) is 0 Å². The molecule has 0 aliphatic rings. The third-order valence-corrected chi connectivity index (χ3v) is 6.93.